The van der Waals surface area contributed by atoms with Gasteiger partial charge in [-0.2, -0.15) is 0 Å². The summed E-state index contributed by atoms with van der Waals surface area (Å²) in [6, 6.07) is 3.17. The van der Waals surface area contributed by atoms with E-state index in [2.05, 4.69) is 23.4 Å². The lowest BCUT2D eigenvalue weighted by atomic mass is 10.0. The van der Waals surface area contributed by atoms with Gasteiger partial charge in [0.15, 0.2) is 11.6 Å². The molecule has 0 unspecified atom stereocenters. The number of halogens is 2. The van der Waals surface area contributed by atoms with Crippen molar-refractivity contribution in [2.75, 3.05) is 13.0 Å². The molecule has 0 aliphatic heterocycles. The van der Waals surface area contributed by atoms with Gasteiger partial charge in [-0.05, 0) is 5.92 Å². The smallest absolute Gasteiger partial charge is 0.167 e. The second-order valence-corrected chi connectivity index (χ2v) is 5.61. The van der Waals surface area contributed by atoms with Gasteiger partial charge in [0.05, 0.1) is 18.1 Å². The van der Waals surface area contributed by atoms with Crippen molar-refractivity contribution in [3.63, 3.8) is 0 Å². The average Bonchev–Trinajstić information content (AvgIpc) is 2.80. The number of alkyl halides is 1. The molecule has 1 aromatic carbocycles. The average molecular weight is 313 g/mol. The minimum Gasteiger partial charge on any atom is -0.494 e. The van der Waals surface area contributed by atoms with E-state index in [1.54, 1.807) is 6.07 Å². The van der Waals surface area contributed by atoms with Crippen molar-refractivity contribution in [1.29, 1.82) is 0 Å². The summed E-state index contributed by atoms with van der Waals surface area (Å²) < 4.78 is 21.1. The first-order chi connectivity index (χ1) is 10.1. The Hall–Kier alpha value is -1.29. The van der Waals surface area contributed by atoms with Crippen LogP contribution in [0.2, 0.25) is 0 Å². The zero-order valence-electron chi connectivity index (χ0n) is 12.8. The molecule has 21 heavy (non-hydrogen) atoms. The van der Waals surface area contributed by atoms with Gasteiger partial charge in [-0.25, -0.2) is 9.37 Å². The van der Waals surface area contributed by atoms with E-state index in [4.69, 9.17) is 16.3 Å². The Morgan fingerprint density at radius 2 is 2.05 bits per heavy atom. The standard InChI is InChI=1S/C16H22ClFN2O/c1-4-11(5-2)10-20-14-9-15(21-3)12(18)8-13(14)19-16(20)6-7-17/h8-9,11H,4-7,10H2,1-3H3. The zero-order chi connectivity index (χ0) is 15.4. The van der Waals surface area contributed by atoms with Crippen LogP contribution < -0.4 is 4.74 Å². The molecule has 0 aliphatic carbocycles. The number of nitrogens with zero attached hydrogens (tertiary/aromatic N) is 2. The molecule has 3 nitrogen and oxygen atoms in total. The highest BCUT2D eigenvalue weighted by Gasteiger charge is 2.16. The molecule has 1 aromatic heterocycles. The number of hydrogen-bond donors (Lipinski definition) is 0. The largest absolute Gasteiger partial charge is 0.494 e. The summed E-state index contributed by atoms with van der Waals surface area (Å²) in [7, 11) is 1.48. The van der Waals surface area contributed by atoms with Crippen molar-refractivity contribution in [3.05, 3.63) is 23.8 Å². The molecular formula is C16H22ClFN2O. The minimum absolute atomic E-state index is 0.255. The predicted octanol–water partition coefficient (Wildman–Crippen LogP) is 4.40. The molecule has 5 heteroatoms. The lowest BCUT2D eigenvalue weighted by Gasteiger charge is -2.16. The number of imidazole rings is 1. The first kappa shape index (κ1) is 16.1. The van der Waals surface area contributed by atoms with Gasteiger partial charge < -0.3 is 9.30 Å². The van der Waals surface area contributed by atoms with Crippen LogP contribution in [0, 0.1) is 11.7 Å². The van der Waals surface area contributed by atoms with Gasteiger partial charge in [-0.3, -0.25) is 0 Å². The monoisotopic (exact) mass is 312 g/mol. The first-order valence-corrected chi connectivity index (χ1v) is 7.96. The van der Waals surface area contributed by atoms with Crippen LogP contribution in [0.1, 0.15) is 32.5 Å². The van der Waals surface area contributed by atoms with E-state index in [-0.39, 0.29) is 11.6 Å². The van der Waals surface area contributed by atoms with Crippen molar-refractivity contribution in [2.45, 2.75) is 39.7 Å². The third-order valence-corrected chi connectivity index (χ3v) is 4.20. The summed E-state index contributed by atoms with van der Waals surface area (Å²) in [6.07, 6.45) is 2.89. The SMILES string of the molecule is CCC(CC)Cn1c(CCCl)nc2cc(F)c(OC)cc21. The van der Waals surface area contributed by atoms with Gasteiger partial charge in [0.2, 0.25) is 0 Å². The molecule has 2 rings (SSSR count). The maximum atomic E-state index is 13.8. The third-order valence-electron chi connectivity index (χ3n) is 4.01. The minimum atomic E-state index is -0.380. The number of ether oxygens (including phenoxy) is 1. The molecule has 0 saturated carbocycles. The molecule has 2 aromatic rings. The van der Waals surface area contributed by atoms with E-state index in [1.807, 2.05) is 0 Å². The summed E-state index contributed by atoms with van der Waals surface area (Å²) in [5, 5.41) is 0. The van der Waals surface area contributed by atoms with Crippen LogP contribution in [-0.2, 0) is 13.0 Å². The summed E-state index contributed by atoms with van der Waals surface area (Å²) in [5.74, 6) is 1.87. The molecule has 0 aliphatic rings. The van der Waals surface area contributed by atoms with Crippen molar-refractivity contribution in [2.24, 2.45) is 5.92 Å². The Morgan fingerprint density at radius 3 is 2.62 bits per heavy atom. The van der Waals surface area contributed by atoms with Gasteiger partial charge in [0, 0.05) is 31.0 Å². The normalized spacial score (nSPS) is 11.5. The topological polar surface area (TPSA) is 27.1 Å². The highest BCUT2D eigenvalue weighted by molar-refractivity contribution is 6.17. The van der Waals surface area contributed by atoms with Gasteiger partial charge in [0.25, 0.3) is 0 Å². The Morgan fingerprint density at radius 1 is 1.33 bits per heavy atom. The highest BCUT2D eigenvalue weighted by atomic mass is 35.5. The van der Waals surface area contributed by atoms with Crippen LogP contribution in [0.15, 0.2) is 12.1 Å². The number of methoxy groups -OCH3 is 1. The summed E-state index contributed by atoms with van der Waals surface area (Å²) in [6.45, 7) is 5.26. The lowest BCUT2D eigenvalue weighted by Crippen LogP contribution is -2.12. The van der Waals surface area contributed by atoms with Crippen LogP contribution in [0.3, 0.4) is 0 Å². The second kappa shape index (κ2) is 7.12. The molecule has 116 valence electrons. The Bertz CT molecular complexity index is 608. The number of aromatic nitrogens is 2. The van der Waals surface area contributed by atoms with Gasteiger partial charge in [0.1, 0.15) is 5.82 Å². The lowest BCUT2D eigenvalue weighted by molar-refractivity contribution is 0.386. The number of hydrogen-bond acceptors (Lipinski definition) is 2. The second-order valence-electron chi connectivity index (χ2n) is 5.24. The van der Waals surface area contributed by atoms with E-state index in [9.17, 15) is 4.39 Å². The third kappa shape index (κ3) is 3.31. The Labute approximate surface area is 130 Å². The van der Waals surface area contributed by atoms with Crippen LogP contribution in [0.25, 0.3) is 11.0 Å². The fraction of sp³-hybridized carbons (Fsp3) is 0.562. The van der Waals surface area contributed by atoms with E-state index in [0.717, 1.165) is 30.7 Å². The maximum absolute atomic E-state index is 13.8. The number of fused-ring (bicyclic) bond motifs is 1. The number of rotatable bonds is 7. The van der Waals surface area contributed by atoms with Gasteiger partial charge in [-0.1, -0.05) is 26.7 Å². The van der Waals surface area contributed by atoms with Crippen molar-refractivity contribution in [3.8, 4) is 5.75 Å². The van der Waals surface area contributed by atoms with E-state index < -0.39 is 0 Å². The zero-order valence-corrected chi connectivity index (χ0v) is 13.6. The maximum Gasteiger partial charge on any atom is 0.167 e. The van der Waals surface area contributed by atoms with E-state index >= 15 is 0 Å². The molecule has 0 bridgehead atoms. The predicted molar refractivity (Wildman–Crippen MR) is 84.7 cm³/mol. The van der Waals surface area contributed by atoms with Crippen molar-refractivity contribution >= 4 is 22.6 Å². The number of aryl methyl sites for hydroxylation is 1. The first-order valence-electron chi connectivity index (χ1n) is 7.43. The Balaban J connectivity index is 2.54. The molecule has 0 saturated heterocycles. The van der Waals surface area contributed by atoms with Crippen LogP contribution >= 0.6 is 11.6 Å². The van der Waals surface area contributed by atoms with Crippen molar-refractivity contribution in [1.82, 2.24) is 9.55 Å². The summed E-state index contributed by atoms with van der Waals surface area (Å²) in [5.41, 5.74) is 1.58. The van der Waals surface area contributed by atoms with Crippen molar-refractivity contribution < 1.29 is 9.13 Å². The quantitative estimate of drug-likeness (QED) is 0.708. The van der Waals surface area contributed by atoms with E-state index in [0.29, 0.717) is 23.7 Å². The molecular weight excluding hydrogens is 291 g/mol. The molecule has 0 fully saturated rings. The van der Waals surface area contributed by atoms with Crippen LogP contribution in [-0.4, -0.2) is 22.5 Å². The molecule has 0 amide bonds. The van der Waals surface area contributed by atoms with Gasteiger partial charge >= 0.3 is 0 Å². The number of benzene rings is 1. The fourth-order valence-corrected chi connectivity index (χ4v) is 2.79. The molecule has 0 N–H and O–H groups in total. The van der Waals surface area contributed by atoms with Gasteiger partial charge in [-0.15, -0.1) is 11.6 Å². The summed E-state index contributed by atoms with van der Waals surface area (Å²) in [4.78, 5) is 4.54. The molecule has 0 radical (unpaired) electrons. The Kier molecular flexibility index (Phi) is 5.45. The fourth-order valence-electron chi connectivity index (χ4n) is 2.62. The van der Waals surface area contributed by atoms with Crippen LogP contribution in [0.4, 0.5) is 4.39 Å². The van der Waals surface area contributed by atoms with E-state index in [1.165, 1.54) is 13.2 Å². The molecule has 0 atom stereocenters. The highest BCUT2D eigenvalue weighted by Crippen LogP contribution is 2.27. The molecule has 1 heterocycles. The van der Waals surface area contributed by atoms with Crippen LogP contribution in [0.5, 0.6) is 5.75 Å². The summed E-state index contributed by atoms with van der Waals surface area (Å²) >= 11 is 5.88. The molecule has 0 spiro atoms.